The maximum atomic E-state index is 12.1. The maximum Gasteiger partial charge on any atom is 0.339 e. The molecular formula is C19H23NO5. The van der Waals surface area contributed by atoms with Gasteiger partial charge < -0.3 is 19.0 Å². The first kappa shape index (κ1) is 16.6. The Morgan fingerprint density at radius 3 is 2.84 bits per heavy atom. The fourth-order valence-corrected chi connectivity index (χ4v) is 3.68. The van der Waals surface area contributed by atoms with E-state index in [0.717, 1.165) is 48.9 Å². The lowest BCUT2D eigenvalue weighted by Gasteiger charge is -2.28. The SMILES string of the molecule is O=c1oc2cc(OC[C@H](O)CN3CCOCC3)ccc2c2c1CCC2. The summed E-state index contributed by atoms with van der Waals surface area (Å²) in [5.41, 5.74) is 2.27. The van der Waals surface area contributed by atoms with Gasteiger partial charge >= 0.3 is 5.63 Å². The van der Waals surface area contributed by atoms with Crippen molar-refractivity contribution >= 4 is 11.0 Å². The zero-order chi connectivity index (χ0) is 17.2. The van der Waals surface area contributed by atoms with Crippen molar-refractivity contribution in [3.8, 4) is 5.75 Å². The summed E-state index contributed by atoms with van der Waals surface area (Å²) in [6, 6.07) is 5.57. The van der Waals surface area contributed by atoms with Gasteiger partial charge in [0.25, 0.3) is 0 Å². The Hall–Kier alpha value is -1.89. The topological polar surface area (TPSA) is 72.1 Å². The standard InChI is InChI=1S/C19H23NO5/c21-13(11-20-6-8-23-9-7-20)12-24-14-4-5-16-15-2-1-3-17(15)19(22)25-18(16)10-14/h4-5,10,13,21H,1-3,6-9,11-12H2/t13-/m1/s1. The van der Waals surface area contributed by atoms with Gasteiger partial charge in [-0.25, -0.2) is 4.79 Å². The van der Waals surface area contributed by atoms with E-state index in [1.165, 1.54) is 0 Å². The van der Waals surface area contributed by atoms with Crippen molar-refractivity contribution in [2.45, 2.75) is 25.4 Å². The highest BCUT2D eigenvalue weighted by molar-refractivity contribution is 5.83. The van der Waals surface area contributed by atoms with Gasteiger partial charge in [0, 0.05) is 36.7 Å². The van der Waals surface area contributed by atoms with E-state index in [4.69, 9.17) is 13.9 Å². The molecule has 0 saturated carbocycles. The second-order valence-electron chi connectivity index (χ2n) is 6.74. The third-order valence-corrected chi connectivity index (χ3v) is 4.96. The Morgan fingerprint density at radius 2 is 2.00 bits per heavy atom. The average Bonchev–Trinajstić information content (AvgIpc) is 3.11. The zero-order valence-corrected chi connectivity index (χ0v) is 14.2. The van der Waals surface area contributed by atoms with E-state index in [1.54, 1.807) is 6.07 Å². The average molecular weight is 345 g/mol. The second-order valence-corrected chi connectivity index (χ2v) is 6.74. The number of aliphatic hydroxyl groups excluding tert-OH is 1. The summed E-state index contributed by atoms with van der Waals surface area (Å²) in [4.78, 5) is 14.2. The molecule has 6 nitrogen and oxygen atoms in total. The number of aryl methyl sites for hydroxylation is 1. The van der Waals surface area contributed by atoms with Crippen molar-refractivity contribution in [3.05, 3.63) is 39.7 Å². The Morgan fingerprint density at radius 1 is 1.20 bits per heavy atom. The van der Waals surface area contributed by atoms with E-state index < -0.39 is 6.10 Å². The van der Waals surface area contributed by atoms with E-state index in [2.05, 4.69) is 4.90 Å². The zero-order valence-electron chi connectivity index (χ0n) is 14.2. The lowest BCUT2D eigenvalue weighted by atomic mass is 10.1. The van der Waals surface area contributed by atoms with Gasteiger partial charge in [-0.05, 0) is 37.0 Å². The molecule has 0 amide bonds. The van der Waals surface area contributed by atoms with Gasteiger partial charge in [-0.3, -0.25) is 4.90 Å². The molecule has 6 heteroatoms. The molecule has 1 aromatic heterocycles. The Balaban J connectivity index is 1.43. The smallest absolute Gasteiger partial charge is 0.339 e. The molecule has 25 heavy (non-hydrogen) atoms. The van der Waals surface area contributed by atoms with Gasteiger partial charge in [0.15, 0.2) is 0 Å². The largest absolute Gasteiger partial charge is 0.491 e. The van der Waals surface area contributed by atoms with Gasteiger partial charge in [-0.2, -0.15) is 0 Å². The van der Waals surface area contributed by atoms with Gasteiger partial charge in [-0.1, -0.05) is 0 Å². The molecule has 134 valence electrons. The Kier molecular flexibility index (Phi) is 4.74. The van der Waals surface area contributed by atoms with Gasteiger partial charge in [0.05, 0.1) is 13.2 Å². The van der Waals surface area contributed by atoms with Crippen molar-refractivity contribution in [2.24, 2.45) is 0 Å². The molecule has 2 aliphatic rings. The molecule has 1 aromatic carbocycles. The Labute approximate surface area is 145 Å². The summed E-state index contributed by atoms with van der Waals surface area (Å²) in [6.45, 7) is 3.87. The van der Waals surface area contributed by atoms with Gasteiger partial charge in [-0.15, -0.1) is 0 Å². The number of nitrogens with zero attached hydrogens (tertiary/aromatic N) is 1. The van der Waals surface area contributed by atoms with E-state index in [1.807, 2.05) is 12.1 Å². The Bertz CT molecular complexity index is 809. The number of hydrogen-bond acceptors (Lipinski definition) is 6. The number of fused-ring (bicyclic) bond motifs is 3. The second kappa shape index (κ2) is 7.15. The minimum Gasteiger partial charge on any atom is -0.491 e. The summed E-state index contributed by atoms with van der Waals surface area (Å²) in [5.74, 6) is 0.606. The highest BCUT2D eigenvalue weighted by atomic mass is 16.5. The van der Waals surface area contributed by atoms with Crippen molar-refractivity contribution in [1.29, 1.82) is 0 Å². The van der Waals surface area contributed by atoms with Crippen LogP contribution in [-0.4, -0.2) is 55.6 Å². The molecule has 0 unspecified atom stereocenters. The van der Waals surface area contributed by atoms with Crippen LogP contribution in [-0.2, 0) is 17.6 Å². The van der Waals surface area contributed by atoms with Crippen LogP contribution in [0.4, 0.5) is 0 Å². The molecule has 1 N–H and O–H groups in total. The van der Waals surface area contributed by atoms with Crippen LogP contribution in [0, 0.1) is 0 Å². The van der Waals surface area contributed by atoms with Crippen molar-refractivity contribution < 1.29 is 19.0 Å². The summed E-state index contributed by atoms with van der Waals surface area (Å²) >= 11 is 0. The fraction of sp³-hybridized carbons (Fsp3) is 0.526. The highest BCUT2D eigenvalue weighted by Gasteiger charge is 2.20. The third-order valence-electron chi connectivity index (χ3n) is 4.96. The first-order valence-corrected chi connectivity index (χ1v) is 8.90. The number of aliphatic hydroxyl groups is 1. The van der Waals surface area contributed by atoms with Crippen LogP contribution >= 0.6 is 0 Å². The van der Waals surface area contributed by atoms with Crippen LogP contribution in [0.1, 0.15) is 17.5 Å². The number of hydrogen-bond donors (Lipinski definition) is 1. The van der Waals surface area contributed by atoms with Crippen LogP contribution in [0.15, 0.2) is 27.4 Å². The third kappa shape index (κ3) is 3.56. The minimum atomic E-state index is -0.569. The van der Waals surface area contributed by atoms with Gasteiger partial charge in [0.1, 0.15) is 24.0 Å². The normalized spacial score (nSPS) is 19.1. The van der Waals surface area contributed by atoms with Crippen LogP contribution < -0.4 is 10.4 Å². The number of morpholine rings is 1. The molecule has 0 spiro atoms. The molecule has 1 atom stereocenters. The lowest BCUT2D eigenvalue weighted by Crippen LogP contribution is -2.42. The maximum absolute atomic E-state index is 12.1. The van der Waals surface area contributed by atoms with Crippen molar-refractivity contribution in [3.63, 3.8) is 0 Å². The van der Waals surface area contributed by atoms with Crippen LogP contribution in [0.25, 0.3) is 11.0 Å². The highest BCUT2D eigenvalue weighted by Crippen LogP contribution is 2.29. The first-order valence-electron chi connectivity index (χ1n) is 8.90. The van der Waals surface area contributed by atoms with Crippen molar-refractivity contribution in [1.82, 2.24) is 4.90 Å². The number of rotatable bonds is 5. The first-order chi connectivity index (χ1) is 12.2. The summed E-state index contributed by atoms with van der Waals surface area (Å²) < 4.78 is 16.5. The molecular weight excluding hydrogens is 322 g/mol. The molecule has 0 bridgehead atoms. The number of β-amino-alcohol motifs (C(OH)–C–C–N with tert-alkyl or cyclic N) is 1. The lowest BCUT2D eigenvalue weighted by molar-refractivity contribution is 0.00466. The van der Waals surface area contributed by atoms with E-state index in [9.17, 15) is 9.90 Å². The fourth-order valence-electron chi connectivity index (χ4n) is 3.68. The number of benzene rings is 1. The molecule has 1 fully saturated rings. The van der Waals surface area contributed by atoms with E-state index >= 15 is 0 Å². The molecule has 1 aliphatic carbocycles. The molecule has 1 aliphatic heterocycles. The predicted molar refractivity (Wildman–Crippen MR) is 93.3 cm³/mol. The molecule has 2 heterocycles. The minimum absolute atomic E-state index is 0.206. The number of ether oxygens (including phenoxy) is 2. The predicted octanol–water partition coefficient (Wildman–Crippen LogP) is 1.35. The molecule has 0 radical (unpaired) electrons. The summed E-state index contributed by atoms with van der Waals surface area (Å²) in [5, 5.41) is 11.2. The quantitative estimate of drug-likeness (QED) is 0.825. The van der Waals surface area contributed by atoms with E-state index in [-0.39, 0.29) is 12.2 Å². The molecule has 4 rings (SSSR count). The van der Waals surface area contributed by atoms with Crippen molar-refractivity contribution in [2.75, 3.05) is 39.5 Å². The molecule has 2 aromatic rings. The summed E-state index contributed by atoms with van der Waals surface area (Å²) in [7, 11) is 0. The summed E-state index contributed by atoms with van der Waals surface area (Å²) in [6.07, 6.45) is 2.17. The van der Waals surface area contributed by atoms with Crippen LogP contribution in [0.3, 0.4) is 0 Å². The monoisotopic (exact) mass is 345 g/mol. The molecule has 1 saturated heterocycles. The van der Waals surface area contributed by atoms with Gasteiger partial charge in [0.2, 0.25) is 0 Å². The van der Waals surface area contributed by atoms with Crippen LogP contribution in [0.2, 0.25) is 0 Å². The van der Waals surface area contributed by atoms with Crippen LogP contribution in [0.5, 0.6) is 5.75 Å². The van der Waals surface area contributed by atoms with E-state index in [0.29, 0.717) is 31.1 Å².